The van der Waals surface area contributed by atoms with E-state index >= 15 is 0 Å². The van der Waals surface area contributed by atoms with Gasteiger partial charge in [-0.25, -0.2) is 10.9 Å². The van der Waals surface area contributed by atoms with Gasteiger partial charge < -0.3 is 0 Å². The molecule has 0 atom stereocenters. The van der Waals surface area contributed by atoms with Crippen molar-refractivity contribution in [2.45, 2.75) is 0 Å². The summed E-state index contributed by atoms with van der Waals surface area (Å²) in [5.74, 6) is 0. The molecule has 0 saturated heterocycles. The number of rotatable bonds is 3. The first kappa shape index (κ1) is 7.84. The molecular formula is C4H14N4. The summed E-state index contributed by atoms with van der Waals surface area (Å²) >= 11 is 0. The Morgan fingerprint density at radius 2 is 1.12 bits per heavy atom. The average molecular weight is 118 g/mol. The molecule has 0 aromatic carbocycles. The van der Waals surface area contributed by atoms with Gasteiger partial charge in [0.2, 0.25) is 0 Å². The van der Waals surface area contributed by atoms with Crippen molar-refractivity contribution in [1.29, 1.82) is 0 Å². The van der Waals surface area contributed by atoms with Gasteiger partial charge in [0.25, 0.3) is 0 Å². The van der Waals surface area contributed by atoms with E-state index in [0.29, 0.717) is 0 Å². The van der Waals surface area contributed by atoms with Crippen molar-refractivity contribution in [3.8, 4) is 0 Å². The van der Waals surface area contributed by atoms with E-state index < -0.39 is 0 Å². The lowest BCUT2D eigenvalue weighted by Crippen LogP contribution is -2.49. The zero-order valence-electron chi connectivity index (χ0n) is 5.89. The molecule has 0 aromatic heterocycles. The standard InChI is InChI=1S/C4H14N4/c1-5-7(3)8(4)6-2/h5-6H,1-4H3. The molecule has 0 heterocycles. The molecule has 4 nitrogen and oxygen atoms in total. The highest BCUT2D eigenvalue weighted by molar-refractivity contribution is 4.24. The van der Waals surface area contributed by atoms with Crippen LogP contribution in [0.5, 0.6) is 0 Å². The molecule has 0 aliphatic carbocycles. The maximum atomic E-state index is 2.91. The Labute approximate surface area is 50.4 Å². The Morgan fingerprint density at radius 1 is 0.875 bits per heavy atom. The van der Waals surface area contributed by atoms with E-state index in [-0.39, 0.29) is 0 Å². The van der Waals surface area contributed by atoms with Crippen molar-refractivity contribution >= 4 is 0 Å². The predicted molar refractivity (Wildman–Crippen MR) is 33.6 cm³/mol. The lowest BCUT2D eigenvalue weighted by atomic mass is 11.2. The van der Waals surface area contributed by atoms with E-state index in [1.807, 2.05) is 38.4 Å². The van der Waals surface area contributed by atoms with Crippen LogP contribution in [0, 0.1) is 0 Å². The van der Waals surface area contributed by atoms with E-state index in [9.17, 15) is 0 Å². The minimum Gasteiger partial charge on any atom is -0.244 e. The third-order valence-electron chi connectivity index (χ3n) is 1.10. The van der Waals surface area contributed by atoms with E-state index in [4.69, 9.17) is 0 Å². The molecular weight excluding hydrogens is 104 g/mol. The van der Waals surface area contributed by atoms with Crippen molar-refractivity contribution < 1.29 is 0 Å². The largest absolute Gasteiger partial charge is 0.244 e. The second-order valence-electron chi connectivity index (χ2n) is 1.49. The molecule has 0 aliphatic heterocycles. The molecule has 0 saturated carbocycles. The van der Waals surface area contributed by atoms with Gasteiger partial charge in [0.1, 0.15) is 0 Å². The van der Waals surface area contributed by atoms with Gasteiger partial charge in [-0.2, -0.15) is 10.2 Å². The van der Waals surface area contributed by atoms with Crippen LogP contribution in [0.3, 0.4) is 0 Å². The lowest BCUT2D eigenvalue weighted by molar-refractivity contribution is -0.0514. The fourth-order valence-electron chi connectivity index (χ4n) is 0.300. The zero-order chi connectivity index (χ0) is 6.57. The molecule has 0 fully saturated rings. The summed E-state index contributed by atoms with van der Waals surface area (Å²) in [7, 11) is 7.54. The normalized spacial score (nSPS) is 11.2. The molecule has 0 unspecified atom stereocenters. The fourth-order valence-corrected chi connectivity index (χ4v) is 0.300. The first-order chi connectivity index (χ1) is 3.72. The molecule has 0 rings (SSSR count). The van der Waals surface area contributed by atoms with Crippen molar-refractivity contribution in [3.63, 3.8) is 0 Å². The van der Waals surface area contributed by atoms with Gasteiger partial charge in [-0.05, 0) is 0 Å². The van der Waals surface area contributed by atoms with Crippen molar-refractivity contribution in [1.82, 2.24) is 21.1 Å². The summed E-state index contributed by atoms with van der Waals surface area (Å²) in [5, 5.41) is 3.64. The van der Waals surface area contributed by atoms with Gasteiger partial charge in [0.15, 0.2) is 0 Å². The fraction of sp³-hybridized carbons (Fsp3) is 1.00. The Balaban J connectivity index is 3.29. The van der Waals surface area contributed by atoms with Crippen molar-refractivity contribution in [3.05, 3.63) is 0 Å². The summed E-state index contributed by atoms with van der Waals surface area (Å²) in [6, 6.07) is 0. The van der Waals surface area contributed by atoms with Gasteiger partial charge in [-0.3, -0.25) is 0 Å². The number of hydrazine groups is 3. The molecule has 0 aromatic rings. The highest BCUT2D eigenvalue weighted by atomic mass is 15.9. The van der Waals surface area contributed by atoms with Gasteiger partial charge in [-0.15, -0.1) is 0 Å². The van der Waals surface area contributed by atoms with Crippen LogP contribution in [0.25, 0.3) is 0 Å². The summed E-state index contributed by atoms with van der Waals surface area (Å²) in [5.41, 5.74) is 5.82. The molecule has 50 valence electrons. The second kappa shape index (κ2) is 3.80. The van der Waals surface area contributed by atoms with Crippen LogP contribution in [0.4, 0.5) is 0 Å². The monoisotopic (exact) mass is 118 g/mol. The van der Waals surface area contributed by atoms with Crippen LogP contribution < -0.4 is 10.9 Å². The highest BCUT2D eigenvalue weighted by Crippen LogP contribution is 1.73. The van der Waals surface area contributed by atoms with Crippen LogP contribution in [0.15, 0.2) is 0 Å². The van der Waals surface area contributed by atoms with Crippen molar-refractivity contribution in [2.75, 3.05) is 28.2 Å². The Kier molecular flexibility index (Phi) is 3.72. The first-order valence-electron chi connectivity index (χ1n) is 2.54. The molecule has 4 heteroatoms. The number of hydrogen-bond acceptors (Lipinski definition) is 4. The smallest absolute Gasteiger partial charge is 0.0190 e. The summed E-state index contributed by atoms with van der Waals surface area (Å²) in [6.07, 6.45) is 0. The molecule has 0 bridgehead atoms. The van der Waals surface area contributed by atoms with Crippen LogP contribution in [0.1, 0.15) is 0 Å². The van der Waals surface area contributed by atoms with E-state index in [0.717, 1.165) is 0 Å². The quantitative estimate of drug-likeness (QED) is 0.467. The predicted octanol–water partition coefficient (Wildman–Crippen LogP) is -0.966. The zero-order valence-corrected chi connectivity index (χ0v) is 5.89. The molecule has 0 radical (unpaired) electrons. The highest BCUT2D eigenvalue weighted by Gasteiger charge is 1.95. The summed E-state index contributed by atoms with van der Waals surface area (Å²) in [6.45, 7) is 0. The number of hydrogen-bond donors (Lipinski definition) is 2. The molecule has 0 aliphatic rings. The van der Waals surface area contributed by atoms with Crippen LogP contribution in [0.2, 0.25) is 0 Å². The molecule has 0 spiro atoms. The number of nitrogens with one attached hydrogen (secondary N) is 2. The minimum atomic E-state index is 1.82. The topological polar surface area (TPSA) is 30.5 Å². The molecule has 8 heavy (non-hydrogen) atoms. The van der Waals surface area contributed by atoms with Crippen molar-refractivity contribution in [2.24, 2.45) is 0 Å². The van der Waals surface area contributed by atoms with Crippen LogP contribution in [-0.2, 0) is 0 Å². The Morgan fingerprint density at radius 3 is 1.25 bits per heavy atom. The Hall–Kier alpha value is -0.160. The van der Waals surface area contributed by atoms with Gasteiger partial charge in [-0.1, -0.05) is 0 Å². The maximum Gasteiger partial charge on any atom is 0.0190 e. The average Bonchev–Trinajstić information content (AvgIpc) is 1.84. The lowest BCUT2D eigenvalue weighted by Gasteiger charge is -2.25. The van der Waals surface area contributed by atoms with E-state index in [1.165, 1.54) is 0 Å². The van der Waals surface area contributed by atoms with Crippen LogP contribution in [-0.4, -0.2) is 38.4 Å². The van der Waals surface area contributed by atoms with Gasteiger partial charge in [0.05, 0.1) is 0 Å². The molecule has 0 amide bonds. The SMILES string of the molecule is CNN(C)N(C)NC. The summed E-state index contributed by atoms with van der Waals surface area (Å²) in [4.78, 5) is 0. The van der Waals surface area contributed by atoms with E-state index in [1.54, 1.807) is 0 Å². The number of nitrogens with zero attached hydrogens (tertiary/aromatic N) is 2. The van der Waals surface area contributed by atoms with Gasteiger partial charge in [0, 0.05) is 28.2 Å². The third-order valence-corrected chi connectivity index (χ3v) is 1.10. The van der Waals surface area contributed by atoms with Crippen LogP contribution >= 0.6 is 0 Å². The van der Waals surface area contributed by atoms with E-state index in [2.05, 4.69) is 10.9 Å². The third kappa shape index (κ3) is 2.23. The minimum absolute atomic E-state index is 1.82. The van der Waals surface area contributed by atoms with Gasteiger partial charge >= 0.3 is 0 Å². The summed E-state index contributed by atoms with van der Waals surface area (Å²) < 4.78 is 0. The first-order valence-corrected chi connectivity index (χ1v) is 2.54. The Bertz CT molecular complexity index is 48.0. The maximum absolute atomic E-state index is 2.91. The second-order valence-corrected chi connectivity index (χ2v) is 1.49. The molecule has 2 N–H and O–H groups in total.